The van der Waals surface area contributed by atoms with E-state index in [0.29, 0.717) is 52.5 Å². The fourth-order valence-electron chi connectivity index (χ4n) is 2.70. The molecule has 0 saturated carbocycles. The lowest BCUT2D eigenvalue weighted by Crippen LogP contribution is -2.49. The molecule has 1 aliphatic heterocycles. The maximum atomic E-state index is 12.3. The lowest BCUT2D eigenvalue weighted by atomic mass is 10.3. The Morgan fingerprint density at radius 1 is 0.571 bits per heavy atom. The molecule has 10 heteroatoms. The summed E-state index contributed by atoms with van der Waals surface area (Å²) in [5.41, 5.74) is 0. The second kappa shape index (κ2) is 13.0. The quantitative estimate of drug-likeness (QED) is 0.657. The Bertz CT molecular complexity index is 470. The van der Waals surface area contributed by atoms with Gasteiger partial charge in [-0.1, -0.05) is 0 Å². The molecule has 0 aliphatic carbocycles. The number of rotatable bonds is 3. The number of amides is 3. The zero-order valence-electron chi connectivity index (χ0n) is 17.5. The summed E-state index contributed by atoms with van der Waals surface area (Å²) in [7, 11) is 1.93. The van der Waals surface area contributed by atoms with Crippen LogP contribution in [0.25, 0.3) is 0 Å². The first-order valence-corrected chi connectivity index (χ1v) is 9.86. The number of nitrogens with zero attached hydrogens (tertiary/aromatic N) is 4. The van der Waals surface area contributed by atoms with Crippen LogP contribution in [0, 0.1) is 0 Å². The first-order chi connectivity index (χ1) is 13.4. The van der Waals surface area contributed by atoms with Gasteiger partial charge in [0.05, 0.1) is 19.8 Å². The van der Waals surface area contributed by atoms with Crippen LogP contribution in [0.2, 0.25) is 0 Å². The highest BCUT2D eigenvalue weighted by Crippen LogP contribution is 2.04. The van der Waals surface area contributed by atoms with Crippen LogP contribution < -0.4 is 0 Å². The summed E-state index contributed by atoms with van der Waals surface area (Å²) in [4.78, 5) is 43.5. The number of likely N-dealkylation sites (N-methyl/N-ethyl adjacent to an activating group) is 1. The van der Waals surface area contributed by atoms with Crippen LogP contribution in [0.4, 0.5) is 14.4 Å². The van der Waals surface area contributed by atoms with Crippen molar-refractivity contribution >= 4 is 18.3 Å². The molecular formula is C18H34N4O6. The van der Waals surface area contributed by atoms with E-state index in [0.717, 1.165) is 0 Å². The van der Waals surface area contributed by atoms with Crippen molar-refractivity contribution in [2.24, 2.45) is 0 Å². The molecule has 0 aromatic rings. The SMILES string of the molecule is CCOC(=O)N1CCN(C)CCN(C(=O)OCC)CCN(C(=O)OCC)CC1. The molecule has 0 aromatic heterocycles. The van der Waals surface area contributed by atoms with Gasteiger partial charge in [0.25, 0.3) is 0 Å². The Morgan fingerprint density at radius 3 is 1.07 bits per heavy atom. The molecule has 0 atom stereocenters. The topological polar surface area (TPSA) is 91.9 Å². The molecule has 1 aliphatic rings. The summed E-state index contributed by atoms with van der Waals surface area (Å²) >= 11 is 0. The van der Waals surface area contributed by atoms with E-state index in [-0.39, 0.29) is 19.7 Å². The van der Waals surface area contributed by atoms with Gasteiger partial charge in [-0.25, -0.2) is 14.4 Å². The molecule has 28 heavy (non-hydrogen) atoms. The lowest BCUT2D eigenvalue weighted by Gasteiger charge is -2.32. The van der Waals surface area contributed by atoms with Gasteiger partial charge in [-0.15, -0.1) is 0 Å². The van der Waals surface area contributed by atoms with Crippen molar-refractivity contribution in [2.75, 3.05) is 79.2 Å². The Balaban J connectivity index is 2.91. The second-order valence-corrected chi connectivity index (χ2v) is 6.36. The van der Waals surface area contributed by atoms with Gasteiger partial charge in [0, 0.05) is 52.4 Å². The smallest absolute Gasteiger partial charge is 0.409 e. The first-order valence-electron chi connectivity index (χ1n) is 9.86. The van der Waals surface area contributed by atoms with Crippen LogP contribution in [-0.4, -0.2) is 117 Å². The summed E-state index contributed by atoms with van der Waals surface area (Å²) in [5.74, 6) is 0. The van der Waals surface area contributed by atoms with E-state index in [4.69, 9.17) is 14.2 Å². The Hall–Kier alpha value is -2.23. The van der Waals surface area contributed by atoms with Gasteiger partial charge in [0.1, 0.15) is 0 Å². The fraction of sp³-hybridized carbons (Fsp3) is 0.833. The van der Waals surface area contributed by atoms with Gasteiger partial charge >= 0.3 is 18.3 Å². The van der Waals surface area contributed by atoms with E-state index >= 15 is 0 Å². The molecule has 3 amide bonds. The fourth-order valence-corrected chi connectivity index (χ4v) is 2.70. The minimum atomic E-state index is -0.468. The summed E-state index contributed by atoms with van der Waals surface area (Å²) in [6.45, 7) is 9.49. The van der Waals surface area contributed by atoms with E-state index in [9.17, 15) is 14.4 Å². The molecule has 162 valence electrons. The predicted molar refractivity (Wildman–Crippen MR) is 103 cm³/mol. The molecule has 10 nitrogen and oxygen atoms in total. The van der Waals surface area contributed by atoms with E-state index in [2.05, 4.69) is 0 Å². The highest BCUT2D eigenvalue weighted by atomic mass is 16.6. The lowest BCUT2D eigenvalue weighted by molar-refractivity contribution is 0.0721. The average Bonchev–Trinajstić information content (AvgIpc) is 2.65. The normalized spacial score (nSPS) is 17.4. The Kier molecular flexibility index (Phi) is 11.1. The molecule has 0 unspecified atom stereocenters. The maximum Gasteiger partial charge on any atom is 0.409 e. The van der Waals surface area contributed by atoms with Gasteiger partial charge in [-0.3, -0.25) is 0 Å². The summed E-state index contributed by atoms with van der Waals surface area (Å²) in [5, 5.41) is 0. The van der Waals surface area contributed by atoms with Crippen molar-refractivity contribution in [1.82, 2.24) is 19.6 Å². The van der Waals surface area contributed by atoms with E-state index in [1.807, 2.05) is 11.9 Å². The van der Waals surface area contributed by atoms with Crippen molar-refractivity contribution in [3.63, 3.8) is 0 Å². The van der Waals surface area contributed by atoms with E-state index < -0.39 is 18.3 Å². The molecular weight excluding hydrogens is 368 g/mol. The first kappa shape index (κ1) is 23.8. The van der Waals surface area contributed by atoms with Crippen LogP contribution in [0.3, 0.4) is 0 Å². The van der Waals surface area contributed by atoms with Crippen molar-refractivity contribution in [3.8, 4) is 0 Å². The predicted octanol–water partition coefficient (Wildman–Crippen LogP) is 1.31. The zero-order chi connectivity index (χ0) is 20.9. The van der Waals surface area contributed by atoms with Crippen LogP contribution >= 0.6 is 0 Å². The third kappa shape index (κ3) is 8.20. The molecule has 0 radical (unpaired) electrons. The highest BCUT2D eigenvalue weighted by Gasteiger charge is 2.23. The van der Waals surface area contributed by atoms with Gasteiger partial charge in [0.15, 0.2) is 0 Å². The molecule has 0 aromatic carbocycles. The third-order valence-corrected chi connectivity index (χ3v) is 4.36. The van der Waals surface area contributed by atoms with Crippen LogP contribution in [0.1, 0.15) is 20.8 Å². The summed E-state index contributed by atoms with van der Waals surface area (Å²) in [6, 6.07) is 0. The minimum Gasteiger partial charge on any atom is -0.450 e. The standard InChI is InChI=1S/C18H34N4O6/c1-5-26-16(23)20-10-8-19(4)9-11-21(17(24)27-6-2)13-15-22(14-12-20)18(25)28-7-3/h5-15H2,1-4H3. The van der Waals surface area contributed by atoms with Gasteiger partial charge < -0.3 is 33.8 Å². The van der Waals surface area contributed by atoms with E-state index in [1.165, 1.54) is 4.90 Å². The van der Waals surface area contributed by atoms with Gasteiger partial charge in [-0.05, 0) is 27.8 Å². The van der Waals surface area contributed by atoms with Crippen LogP contribution in [-0.2, 0) is 14.2 Å². The Labute approximate surface area is 167 Å². The zero-order valence-corrected chi connectivity index (χ0v) is 17.5. The van der Waals surface area contributed by atoms with Gasteiger partial charge in [0.2, 0.25) is 0 Å². The number of carbonyl (C=O) groups excluding carboxylic acids is 3. The second-order valence-electron chi connectivity index (χ2n) is 6.36. The highest BCUT2D eigenvalue weighted by molar-refractivity contribution is 5.69. The molecule has 1 fully saturated rings. The van der Waals surface area contributed by atoms with Gasteiger partial charge in [-0.2, -0.15) is 0 Å². The number of hydrogen-bond acceptors (Lipinski definition) is 7. The van der Waals surface area contributed by atoms with Crippen LogP contribution in [0.15, 0.2) is 0 Å². The maximum absolute atomic E-state index is 12.3. The summed E-state index contributed by atoms with van der Waals surface area (Å²) < 4.78 is 15.4. The minimum absolute atomic E-state index is 0.253. The van der Waals surface area contributed by atoms with Crippen LogP contribution in [0.5, 0.6) is 0 Å². The Morgan fingerprint density at radius 2 is 0.821 bits per heavy atom. The molecule has 0 spiro atoms. The van der Waals surface area contributed by atoms with Crippen molar-refractivity contribution in [2.45, 2.75) is 20.8 Å². The number of carbonyl (C=O) groups is 3. The van der Waals surface area contributed by atoms with Crippen molar-refractivity contribution in [1.29, 1.82) is 0 Å². The van der Waals surface area contributed by atoms with Crippen molar-refractivity contribution < 1.29 is 28.6 Å². The molecule has 1 rings (SSSR count). The number of hydrogen-bond donors (Lipinski definition) is 0. The monoisotopic (exact) mass is 402 g/mol. The number of ether oxygens (including phenoxy) is 3. The largest absolute Gasteiger partial charge is 0.450 e. The average molecular weight is 402 g/mol. The van der Waals surface area contributed by atoms with Crippen molar-refractivity contribution in [3.05, 3.63) is 0 Å². The third-order valence-electron chi connectivity index (χ3n) is 4.36. The molecule has 1 heterocycles. The molecule has 0 N–H and O–H groups in total. The summed E-state index contributed by atoms with van der Waals surface area (Å²) in [6.07, 6.45) is -1.26. The molecule has 0 bridgehead atoms. The van der Waals surface area contributed by atoms with E-state index in [1.54, 1.807) is 30.6 Å². The molecule has 1 saturated heterocycles.